The van der Waals surface area contributed by atoms with Crippen molar-refractivity contribution in [3.8, 4) is 5.75 Å². The lowest BCUT2D eigenvalue weighted by atomic mass is 9.93. The number of rotatable bonds is 5. The van der Waals surface area contributed by atoms with E-state index in [-0.39, 0.29) is 0 Å². The van der Waals surface area contributed by atoms with Crippen LogP contribution in [0.15, 0.2) is 24.3 Å². The third-order valence-electron chi connectivity index (χ3n) is 4.02. The predicted octanol–water partition coefficient (Wildman–Crippen LogP) is 2.69. The van der Waals surface area contributed by atoms with E-state index in [2.05, 4.69) is 55.4 Å². The molecule has 1 aliphatic rings. The summed E-state index contributed by atoms with van der Waals surface area (Å²) in [6.45, 7) is 6.70. The van der Waals surface area contributed by atoms with Crippen molar-refractivity contribution in [3.05, 3.63) is 29.8 Å². The van der Waals surface area contributed by atoms with Crippen molar-refractivity contribution < 1.29 is 4.74 Å². The van der Waals surface area contributed by atoms with Crippen LogP contribution >= 0.6 is 0 Å². The smallest absolute Gasteiger partial charge is 0.118 e. The van der Waals surface area contributed by atoms with Crippen LogP contribution in [0.25, 0.3) is 0 Å². The van der Waals surface area contributed by atoms with Gasteiger partial charge in [-0.25, -0.2) is 0 Å². The first-order valence-electron chi connectivity index (χ1n) is 7.19. The number of ether oxygens (including phenoxy) is 1. The van der Waals surface area contributed by atoms with Crippen molar-refractivity contribution in [2.75, 3.05) is 27.2 Å². The van der Waals surface area contributed by atoms with Crippen molar-refractivity contribution in [1.82, 2.24) is 10.2 Å². The first-order valence-corrected chi connectivity index (χ1v) is 7.19. The van der Waals surface area contributed by atoms with Crippen LogP contribution in [0.2, 0.25) is 0 Å². The highest BCUT2D eigenvalue weighted by Gasteiger charge is 2.32. The van der Waals surface area contributed by atoms with E-state index in [1.165, 1.54) is 18.5 Å². The average molecular weight is 262 g/mol. The van der Waals surface area contributed by atoms with E-state index in [9.17, 15) is 0 Å². The van der Waals surface area contributed by atoms with Crippen molar-refractivity contribution in [2.24, 2.45) is 5.92 Å². The van der Waals surface area contributed by atoms with E-state index in [0.29, 0.717) is 18.0 Å². The van der Waals surface area contributed by atoms with Gasteiger partial charge in [0.15, 0.2) is 0 Å². The second-order valence-electron chi connectivity index (χ2n) is 5.81. The molecule has 3 nitrogen and oxygen atoms in total. The Morgan fingerprint density at radius 3 is 2.58 bits per heavy atom. The van der Waals surface area contributed by atoms with Gasteiger partial charge >= 0.3 is 0 Å². The Kier molecular flexibility index (Phi) is 4.83. The number of benzene rings is 1. The maximum absolute atomic E-state index is 5.24. The van der Waals surface area contributed by atoms with Crippen LogP contribution in [0.3, 0.4) is 0 Å². The van der Waals surface area contributed by atoms with Gasteiger partial charge in [-0.15, -0.1) is 0 Å². The average Bonchev–Trinajstić information content (AvgIpc) is 2.78. The molecule has 0 saturated carbocycles. The minimum absolute atomic E-state index is 0.525. The number of nitrogens with one attached hydrogen (secondary N) is 1. The predicted molar refractivity (Wildman–Crippen MR) is 79.6 cm³/mol. The maximum Gasteiger partial charge on any atom is 0.118 e. The Hall–Kier alpha value is -1.06. The van der Waals surface area contributed by atoms with Gasteiger partial charge in [0.2, 0.25) is 0 Å². The van der Waals surface area contributed by atoms with Crippen molar-refractivity contribution >= 4 is 0 Å². The fraction of sp³-hybridized carbons (Fsp3) is 0.625. The quantitative estimate of drug-likeness (QED) is 0.883. The summed E-state index contributed by atoms with van der Waals surface area (Å²) in [7, 11) is 3.94. The van der Waals surface area contributed by atoms with Gasteiger partial charge in [-0.1, -0.05) is 26.0 Å². The Balaban J connectivity index is 2.09. The topological polar surface area (TPSA) is 24.5 Å². The zero-order valence-corrected chi connectivity index (χ0v) is 12.5. The molecule has 1 aliphatic heterocycles. The molecule has 1 aromatic carbocycles. The van der Waals surface area contributed by atoms with Gasteiger partial charge in [-0.2, -0.15) is 0 Å². The standard InChI is InChI=1S/C16H26N2O/c1-12(2)17-11-14-9-10-18(3)16(14)13-5-7-15(19-4)8-6-13/h5-8,12,14,16-17H,9-11H2,1-4H3. The van der Waals surface area contributed by atoms with Crippen LogP contribution in [-0.4, -0.2) is 38.2 Å². The van der Waals surface area contributed by atoms with Crippen LogP contribution in [0.4, 0.5) is 0 Å². The molecule has 2 rings (SSSR count). The minimum atomic E-state index is 0.525. The first kappa shape index (κ1) is 14.4. The molecule has 0 aromatic heterocycles. The van der Waals surface area contributed by atoms with Crippen molar-refractivity contribution in [3.63, 3.8) is 0 Å². The SMILES string of the molecule is COc1ccc(C2C(CNC(C)C)CCN2C)cc1. The van der Waals surface area contributed by atoms with Gasteiger partial charge in [-0.05, 0) is 43.6 Å². The largest absolute Gasteiger partial charge is 0.497 e. The highest BCUT2D eigenvalue weighted by atomic mass is 16.5. The number of methoxy groups -OCH3 is 1. The van der Waals surface area contributed by atoms with Gasteiger partial charge in [0.1, 0.15) is 5.75 Å². The summed E-state index contributed by atoms with van der Waals surface area (Å²) in [6, 6.07) is 9.61. The highest BCUT2D eigenvalue weighted by Crippen LogP contribution is 2.36. The van der Waals surface area contributed by atoms with Crippen LogP contribution in [0.1, 0.15) is 31.9 Å². The van der Waals surface area contributed by atoms with Gasteiger partial charge < -0.3 is 10.1 Å². The summed E-state index contributed by atoms with van der Waals surface area (Å²) in [5, 5.41) is 3.58. The Morgan fingerprint density at radius 1 is 1.32 bits per heavy atom. The summed E-state index contributed by atoms with van der Waals surface area (Å²) < 4.78 is 5.24. The Morgan fingerprint density at radius 2 is 2.00 bits per heavy atom. The number of likely N-dealkylation sites (tertiary alicyclic amines) is 1. The molecule has 0 amide bonds. The molecule has 2 unspecified atom stereocenters. The molecule has 0 radical (unpaired) electrons. The second kappa shape index (κ2) is 6.40. The van der Waals surface area contributed by atoms with Gasteiger partial charge in [-0.3, -0.25) is 4.90 Å². The van der Waals surface area contributed by atoms with E-state index in [1.54, 1.807) is 7.11 Å². The summed E-state index contributed by atoms with van der Waals surface area (Å²) in [4.78, 5) is 2.47. The molecule has 3 heteroatoms. The molecule has 1 heterocycles. The van der Waals surface area contributed by atoms with E-state index in [1.807, 2.05) is 0 Å². The van der Waals surface area contributed by atoms with Crippen LogP contribution in [0, 0.1) is 5.92 Å². The molecule has 1 N–H and O–H groups in total. The second-order valence-corrected chi connectivity index (χ2v) is 5.81. The molecule has 0 spiro atoms. The van der Waals surface area contributed by atoms with Crippen molar-refractivity contribution in [1.29, 1.82) is 0 Å². The molecule has 0 aliphatic carbocycles. The zero-order chi connectivity index (χ0) is 13.8. The lowest BCUT2D eigenvalue weighted by Crippen LogP contribution is -2.32. The molecule has 0 bridgehead atoms. The summed E-state index contributed by atoms with van der Waals surface area (Å²) >= 11 is 0. The molecular weight excluding hydrogens is 236 g/mol. The molecular formula is C16H26N2O. The fourth-order valence-corrected chi connectivity index (χ4v) is 2.95. The monoisotopic (exact) mass is 262 g/mol. The first-order chi connectivity index (χ1) is 9.11. The lowest BCUT2D eigenvalue weighted by Gasteiger charge is -2.26. The lowest BCUT2D eigenvalue weighted by molar-refractivity contribution is 0.269. The maximum atomic E-state index is 5.24. The summed E-state index contributed by atoms with van der Waals surface area (Å²) in [5.74, 6) is 1.63. The van der Waals surface area contributed by atoms with Crippen LogP contribution in [-0.2, 0) is 0 Å². The summed E-state index contributed by atoms with van der Waals surface area (Å²) in [6.07, 6.45) is 1.27. The molecule has 2 atom stereocenters. The third-order valence-corrected chi connectivity index (χ3v) is 4.02. The van der Waals surface area contributed by atoms with E-state index >= 15 is 0 Å². The van der Waals surface area contributed by atoms with Crippen LogP contribution in [0.5, 0.6) is 5.75 Å². The molecule has 19 heavy (non-hydrogen) atoms. The molecule has 1 fully saturated rings. The van der Waals surface area contributed by atoms with Crippen LogP contribution < -0.4 is 10.1 Å². The van der Waals surface area contributed by atoms with Gasteiger partial charge in [0.05, 0.1) is 7.11 Å². The highest BCUT2D eigenvalue weighted by molar-refractivity contribution is 5.30. The number of hydrogen-bond donors (Lipinski definition) is 1. The van der Waals surface area contributed by atoms with Gasteiger partial charge in [0, 0.05) is 18.6 Å². The third kappa shape index (κ3) is 3.48. The molecule has 106 valence electrons. The minimum Gasteiger partial charge on any atom is -0.497 e. The Labute approximate surface area is 116 Å². The molecule has 1 aromatic rings. The molecule has 1 saturated heterocycles. The fourth-order valence-electron chi connectivity index (χ4n) is 2.95. The van der Waals surface area contributed by atoms with E-state index in [0.717, 1.165) is 12.3 Å². The Bertz CT molecular complexity index is 388. The normalized spacial score (nSPS) is 24.1. The van der Waals surface area contributed by atoms with Crippen molar-refractivity contribution in [2.45, 2.75) is 32.4 Å². The van der Waals surface area contributed by atoms with Gasteiger partial charge in [0.25, 0.3) is 0 Å². The summed E-state index contributed by atoms with van der Waals surface area (Å²) in [5.41, 5.74) is 1.40. The number of nitrogens with zero attached hydrogens (tertiary/aromatic N) is 1. The number of hydrogen-bond acceptors (Lipinski definition) is 3. The zero-order valence-electron chi connectivity index (χ0n) is 12.5. The van der Waals surface area contributed by atoms with E-state index < -0.39 is 0 Å². The van der Waals surface area contributed by atoms with E-state index in [4.69, 9.17) is 4.74 Å².